The number of aryl methyl sites for hydroxylation is 1. The number of nitrogens with one attached hydrogen (secondary N) is 1. The first-order valence-corrected chi connectivity index (χ1v) is 9.92. The van der Waals surface area contributed by atoms with E-state index in [0.717, 1.165) is 17.9 Å². The molecule has 3 heterocycles. The van der Waals surface area contributed by atoms with Crippen molar-refractivity contribution in [3.63, 3.8) is 0 Å². The highest BCUT2D eigenvalue weighted by atomic mass is 32.2. The number of sulfonamides is 1. The van der Waals surface area contributed by atoms with E-state index >= 15 is 0 Å². The lowest BCUT2D eigenvalue weighted by atomic mass is 9.94. The fraction of sp³-hybridized carbons (Fsp3) is 0.733. The van der Waals surface area contributed by atoms with E-state index in [4.69, 9.17) is 9.47 Å². The molecule has 1 aromatic rings. The lowest BCUT2D eigenvalue weighted by Gasteiger charge is -2.29. The van der Waals surface area contributed by atoms with Gasteiger partial charge in [0.1, 0.15) is 11.4 Å². The highest BCUT2D eigenvalue weighted by molar-refractivity contribution is 7.88. The van der Waals surface area contributed by atoms with Gasteiger partial charge in [0.05, 0.1) is 31.8 Å². The molecular weight excluding hydrogens is 332 g/mol. The molecule has 0 aliphatic carbocycles. The summed E-state index contributed by atoms with van der Waals surface area (Å²) in [6.45, 7) is 4.74. The van der Waals surface area contributed by atoms with Gasteiger partial charge in [-0.1, -0.05) is 0 Å². The van der Waals surface area contributed by atoms with Crippen LogP contribution in [-0.4, -0.2) is 74.2 Å². The SMILES string of the molecule is Cc1ccc(NCC2COC3(COCCN(S(C)(=O)=O)C3)C2)nn1. The Kier molecular flexibility index (Phi) is 5.05. The maximum Gasteiger partial charge on any atom is 0.211 e. The van der Waals surface area contributed by atoms with Gasteiger partial charge < -0.3 is 14.8 Å². The van der Waals surface area contributed by atoms with Crippen LogP contribution >= 0.6 is 0 Å². The number of anilines is 1. The molecule has 0 aromatic carbocycles. The Morgan fingerprint density at radius 2 is 2.25 bits per heavy atom. The second-order valence-electron chi connectivity index (χ2n) is 6.65. The van der Waals surface area contributed by atoms with Crippen LogP contribution in [0.4, 0.5) is 5.82 Å². The first-order valence-electron chi connectivity index (χ1n) is 8.07. The number of ether oxygens (including phenoxy) is 2. The van der Waals surface area contributed by atoms with E-state index in [0.29, 0.717) is 39.5 Å². The second kappa shape index (κ2) is 6.91. The molecule has 0 saturated carbocycles. The fourth-order valence-electron chi connectivity index (χ4n) is 3.18. The Bertz CT molecular complexity index is 667. The van der Waals surface area contributed by atoms with Gasteiger partial charge in [0.15, 0.2) is 0 Å². The van der Waals surface area contributed by atoms with Crippen LogP contribution in [0.15, 0.2) is 12.1 Å². The summed E-state index contributed by atoms with van der Waals surface area (Å²) in [6.07, 6.45) is 1.99. The molecule has 1 N–H and O–H groups in total. The van der Waals surface area contributed by atoms with Crippen molar-refractivity contribution >= 4 is 15.8 Å². The fourth-order valence-corrected chi connectivity index (χ4v) is 4.05. The molecule has 1 aromatic heterocycles. The van der Waals surface area contributed by atoms with Crippen LogP contribution in [0, 0.1) is 12.8 Å². The van der Waals surface area contributed by atoms with Gasteiger partial charge in [-0.3, -0.25) is 0 Å². The third-order valence-electron chi connectivity index (χ3n) is 4.44. The van der Waals surface area contributed by atoms with Crippen LogP contribution in [-0.2, 0) is 19.5 Å². The van der Waals surface area contributed by atoms with E-state index in [1.54, 1.807) is 0 Å². The van der Waals surface area contributed by atoms with Crippen molar-refractivity contribution in [2.75, 3.05) is 51.0 Å². The highest BCUT2D eigenvalue weighted by Gasteiger charge is 2.44. The van der Waals surface area contributed by atoms with Gasteiger partial charge in [0.25, 0.3) is 0 Å². The molecule has 2 fully saturated rings. The molecule has 134 valence electrons. The summed E-state index contributed by atoms with van der Waals surface area (Å²) in [4.78, 5) is 0. The zero-order valence-electron chi connectivity index (χ0n) is 14.1. The standard InChI is InChI=1S/C15H24N4O4S/c1-12-3-4-14(18-17-12)16-8-13-7-15(23-9-13)10-19(24(2,20)21)5-6-22-11-15/h3-4,13H,5-11H2,1-2H3,(H,16,18). The van der Waals surface area contributed by atoms with E-state index in [-0.39, 0.29) is 5.92 Å². The molecule has 2 unspecified atom stereocenters. The molecule has 2 aliphatic rings. The number of aromatic nitrogens is 2. The van der Waals surface area contributed by atoms with Crippen LogP contribution in [0.25, 0.3) is 0 Å². The smallest absolute Gasteiger partial charge is 0.211 e. The van der Waals surface area contributed by atoms with Gasteiger partial charge >= 0.3 is 0 Å². The molecule has 0 amide bonds. The highest BCUT2D eigenvalue weighted by Crippen LogP contribution is 2.33. The summed E-state index contributed by atoms with van der Waals surface area (Å²) < 4.78 is 36.8. The Morgan fingerprint density at radius 1 is 1.42 bits per heavy atom. The average Bonchev–Trinajstić information content (AvgIpc) is 2.78. The predicted octanol–water partition coefficient (Wildman–Crippen LogP) is 0.264. The normalized spacial score (nSPS) is 28.8. The van der Waals surface area contributed by atoms with Gasteiger partial charge in [-0.05, 0) is 25.5 Å². The molecule has 0 radical (unpaired) electrons. The largest absolute Gasteiger partial charge is 0.377 e. The van der Waals surface area contributed by atoms with Crippen LogP contribution in [0.3, 0.4) is 0 Å². The monoisotopic (exact) mass is 356 g/mol. The van der Waals surface area contributed by atoms with Crippen LogP contribution < -0.4 is 5.32 Å². The molecule has 24 heavy (non-hydrogen) atoms. The molecule has 8 nitrogen and oxygen atoms in total. The summed E-state index contributed by atoms with van der Waals surface area (Å²) >= 11 is 0. The molecule has 0 bridgehead atoms. The zero-order valence-corrected chi connectivity index (χ0v) is 14.9. The third kappa shape index (κ3) is 4.21. The molecule has 1 spiro atoms. The van der Waals surface area contributed by atoms with Crippen LogP contribution in [0.5, 0.6) is 0 Å². The van der Waals surface area contributed by atoms with Crippen LogP contribution in [0.2, 0.25) is 0 Å². The molecular formula is C15H24N4O4S. The minimum atomic E-state index is -3.25. The van der Waals surface area contributed by atoms with E-state index < -0.39 is 15.6 Å². The molecule has 2 atom stereocenters. The van der Waals surface area contributed by atoms with Gasteiger partial charge in [-0.25, -0.2) is 8.42 Å². The van der Waals surface area contributed by atoms with Gasteiger partial charge in [0.2, 0.25) is 10.0 Å². The minimum absolute atomic E-state index is 0.274. The maximum atomic E-state index is 11.9. The number of rotatable bonds is 4. The zero-order chi connectivity index (χ0) is 17.2. The quantitative estimate of drug-likeness (QED) is 0.827. The third-order valence-corrected chi connectivity index (χ3v) is 5.69. The number of hydrogen-bond acceptors (Lipinski definition) is 7. The summed E-state index contributed by atoms with van der Waals surface area (Å²) in [5.41, 5.74) is 0.324. The van der Waals surface area contributed by atoms with Crippen molar-refractivity contribution < 1.29 is 17.9 Å². The minimum Gasteiger partial charge on any atom is -0.377 e. The van der Waals surface area contributed by atoms with Crippen LogP contribution in [0.1, 0.15) is 12.1 Å². The lowest BCUT2D eigenvalue weighted by molar-refractivity contribution is -0.0511. The van der Waals surface area contributed by atoms with Crippen molar-refractivity contribution in [2.45, 2.75) is 18.9 Å². The van der Waals surface area contributed by atoms with E-state index in [2.05, 4.69) is 15.5 Å². The Labute approximate surface area is 142 Å². The number of hydrogen-bond donors (Lipinski definition) is 1. The summed E-state index contributed by atoms with van der Waals surface area (Å²) in [5.74, 6) is 1.01. The topological polar surface area (TPSA) is 93.7 Å². The molecule has 9 heteroatoms. The van der Waals surface area contributed by atoms with Crippen molar-refractivity contribution in [3.05, 3.63) is 17.8 Å². The molecule has 3 rings (SSSR count). The maximum absolute atomic E-state index is 11.9. The van der Waals surface area contributed by atoms with E-state index in [9.17, 15) is 8.42 Å². The Morgan fingerprint density at radius 3 is 2.96 bits per heavy atom. The summed E-state index contributed by atoms with van der Waals surface area (Å²) in [7, 11) is -3.25. The van der Waals surface area contributed by atoms with Crippen molar-refractivity contribution in [1.29, 1.82) is 0 Å². The van der Waals surface area contributed by atoms with Crippen molar-refractivity contribution in [3.8, 4) is 0 Å². The van der Waals surface area contributed by atoms with Gasteiger partial charge in [-0.2, -0.15) is 9.40 Å². The average molecular weight is 356 g/mol. The van der Waals surface area contributed by atoms with E-state index in [1.807, 2.05) is 19.1 Å². The summed E-state index contributed by atoms with van der Waals surface area (Å²) in [5, 5.41) is 11.4. The summed E-state index contributed by atoms with van der Waals surface area (Å²) in [6, 6.07) is 3.80. The first kappa shape index (κ1) is 17.5. The molecule has 2 aliphatic heterocycles. The van der Waals surface area contributed by atoms with Crippen molar-refractivity contribution in [1.82, 2.24) is 14.5 Å². The van der Waals surface area contributed by atoms with Gasteiger partial charge in [0, 0.05) is 25.6 Å². The predicted molar refractivity (Wildman–Crippen MR) is 89.3 cm³/mol. The van der Waals surface area contributed by atoms with Gasteiger partial charge in [-0.15, -0.1) is 5.10 Å². The second-order valence-corrected chi connectivity index (χ2v) is 8.64. The van der Waals surface area contributed by atoms with Crippen molar-refractivity contribution in [2.24, 2.45) is 5.92 Å². The number of nitrogens with zero attached hydrogens (tertiary/aromatic N) is 3. The Hall–Kier alpha value is -1.29. The van der Waals surface area contributed by atoms with E-state index in [1.165, 1.54) is 10.6 Å². The molecule has 2 saturated heterocycles. The lowest BCUT2D eigenvalue weighted by Crippen LogP contribution is -2.46. The Balaban J connectivity index is 1.59. The first-order chi connectivity index (χ1) is 11.4.